The van der Waals surface area contributed by atoms with Crippen LogP contribution in [-0.4, -0.2) is 26.1 Å². The highest BCUT2D eigenvalue weighted by atomic mass is 19.3. The van der Waals surface area contributed by atoms with Gasteiger partial charge in [-0.25, -0.2) is 18.3 Å². The minimum absolute atomic E-state index is 0.140. The summed E-state index contributed by atoms with van der Waals surface area (Å²) in [5.41, 5.74) is -1.29. The second-order valence-corrected chi connectivity index (χ2v) is 3.62. The first kappa shape index (κ1) is 12.5. The monoisotopic (exact) mass is 233 g/mol. The molecule has 0 aliphatic rings. The maximum absolute atomic E-state index is 12.7. The average Bonchev–Trinajstić information content (AvgIpc) is 2.61. The Morgan fingerprint density at radius 2 is 2.19 bits per heavy atom. The molecule has 0 bridgehead atoms. The summed E-state index contributed by atoms with van der Waals surface area (Å²) in [7, 11) is 0. The van der Waals surface area contributed by atoms with Gasteiger partial charge in [0.05, 0.1) is 0 Å². The first-order valence-corrected chi connectivity index (χ1v) is 4.92. The predicted octanol–water partition coefficient (Wildman–Crippen LogP) is 1.96. The van der Waals surface area contributed by atoms with Crippen molar-refractivity contribution in [2.75, 3.05) is 0 Å². The summed E-state index contributed by atoms with van der Waals surface area (Å²) in [5.74, 6) is -1.34. The van der Waals surface area contributed by atoms with E-state index in [1.165, 1.54) is 0 Å². The van der Waals surface area contributed by atoms with Crippen LogP contribution < -0.4 is 0 Å². The van der Waals surface area contributed by atoms with Crippen LogP contribution in [-0.2, 0) is 6.54 Å². The van der Waals surface area contributed by atoms with Crippen LogP contribution in [0.25, 0.3) is 0 Å². The molecule has 1 aromatic heterocycles. The fourth-order valence-electron chi connectivity index (χ4n) is 1.25. The summed E-state index contributed by atoms with van der Waals surface area (Å²) in [4.78, 5) is 10.6. The lowest BCUT2D eigenvalue weighted by Crippen LogP contribution is -2.13. The summed E-state index contributed by atoms with van der Waals surface area (Å²) in [6, 6.07) is 0. The standard InChI is InChI=1S/C9H13F2N3O2/c1-3-5(2)4-14-7(8(10)11)6(9(15)16)12-13-14/h5,8H,3-4H2,1-2H3,(H,15,16). The molecule has 7 heteroatoms. The molecule has 1 rings (SSSR count). The number of hydrogen-bond acceptors (Lipinski definition) is 3. The molecule has 1 unspecified atom stereocenters. The Labute approximate surface area is 91.1 Å². The smallest absolute Gasteiger partial charge is 0.358 e. The molecule has 16 heavy (non-hydrogen) atoms. The van der Waals surface area contributed by atoms with E-state index in [1.54, 1.807) is 0 Å². The molecule has 0 fully saturated rings. The van der Waals surface area contributed by atoms with Crippen LogP contribution in [0, 0.1) is 5.92 Å². The lowest BCUT2D eigenvalue weighted by atomic mass is 10.1. The molecule has 5 nitrogen and oxygen atoms in total. The maximum atomic E-state index is 12.7. The molecule has 1 atom stereocenters. The maximum Gasteiger partial charge on any atom is 0.358 e. The molecule has 1 N–H and O–H groups in total. The normalized spacial score (nSPS) is 13.1. The number of nitrogens with zero attached hydrogens (tertiary/aromatic N) is 3. The number of halogens is 2. The molecule has 0 saturated heterocycles. The van der Waals surface area contributed by atoms with Crippen LogP contribution in [0.1, 0.15) is 42.9 Å². The highest BCUT2D eigenvalue weighted by Crippen LogP contribution is 2.22. The largest absolute Gasteiger partial charge is 0.476 e. The van der Waals surface area contributed by atoms with Gasteiger partial charge in [0, 0.05) is 6.54 Å². The topological polar surface area (TPSA) is 68.0 Å². The molecule has 0 aliphatic heterocycles. The lowest BCUT2D eigenvalue weighted by Gasteiger charge is -2.10. The van der Waals surface area contributed by atoms with E-state index < -0.39 is 23.8 Å². The van der Waals surface area contributed by atoms with Crippen LogP contribution in [0.2, 0.25) is 0 Å². The molecule has 0 radical (unpaired) electrons. The van der Waals surface area contributed by atoms with Gasteiger partial charge in [0.2, 0.25) is 0 Å². The first-order chi connectivity index (χ1) is 7.47. The van der Waals surface area contributed by atoms with Crippen LogP contribution in [0.4, 0.5) is 8.78 Å². The molecule has 0 aliphatic carbocycles. The van der Waals surface area contributed by atoms with Crippen LogP contribution in [0.15, 0.2) is 0 Å². The number of hydrogen-bond donors (Lipinski definition) is 1. The zero-order valence-electron chi connectivity index (χ0n) is 9.02. The Kier molecular flexibility index (Phi) is 3.92. The summed E-state index contributed by atoms with van der Waals surface area (Å²) >= 11 is 0. The molecule has 1 heterocycles. The summed E-state index contributed by atoms with van der Waals surface area (Å²) in [5, 5.41) is 15.4. The third-order valence-electron chi connectivity index (χ3n) is 2.36. The molecule has 0 aromatic carbocycles. The van der Waals surface area contributed by atoms with E-state index in [1.807, 2.05) is 13.8 Å². The van der Waals surface area contributed by atoms with Gasteiger partial charge in [0.25, 0.3) is 6.43 Å². The van der Waals surface area contributed by atoms with Crippen molar-refractivity contribution in [3.05, 3.63) is 11.4 Å². The molecule has 0 amide bonds. The Hall–Kier alpha value is -1.53. The van der Waals surface area contributed by atoms with Crippen molar-refractivity contribution in [1.29, 1.82) is 0 Å². The van der Waals surface area contributed by atoms with E-state index >= 15 is 0 Å². The minimum Gasteiger partial charge on any atom is -0.476 e. The minimum atomic E-state index is -2.88. The Balaban J connectivity index is 3.05. The van der Waals surface area contributed by atoms with Crippen LogP contribution in [0.3, 0.4) is 0 Å². The third-order valence-corrected chi connectivity index (χ3v) is 2.36. The molecular weight excluding hydrogens is 220 g/mol. The quantitative estimate of drug-likeness (QED) is 0.844. The zero-order valence-corrected chi connectivity index (χ0v) is 9.02. The number of aromatic nitrogens is 3. The number of alkyl halides is 2. The third kappa shape index (κ3) is 2.53. The van der Waals surface area contributed by atoms with Crippen molar-refractivity contribution < 1.29 is 18.7 Å². The van der Waals surface area contributed by atoms with Gasteiger partial charge in [-0.05, 0) is 5.92 Å². The van der Waals surface area contributed by atoms with E-state index in [2.05, 4.69) is 10.3 Å². The van der Waals surface area contributed by atoms with Gasteiger partial charge in [0.15, 0.2) is 5.69 Å². The van der Waals surface area contributed by atoms with Crippen molar-refractivity contribution in [3.8, 4) is 0 Å². The summed E-state index contributed by atoms with van der Waals surface area (Å²) in [6.07, 6.45) is -2.09. The SMILES string of the molecule is CCC(C)Cn1nnc(C(=O)O)c1C(F)F. The van der Waals surface area contributed by atoms with Gasteiger partial charge in [-0.15, -0.1) is 5.10 Å². The molecule has 1 aromatic rings. The Morgan fingerprint density at radius 1 is 1.56 bits per heavy atom. The fourth-order valence-corrected chi connectivity index (χ4v) is 1.25. The van der Waals surface area contributed by atoms with E-state index in [9.17, 15) is 13.6 Å². The van der Waals surface area contributed by atoms with E-state index in [0.717, 1.165) is 11.1 Å². The predicted molar refractivity (Wildman–Crippen MR) is 51.4 cm³/mol. The number of carbonyl (C=O) groups is 1. The number of aromatic carboxylic acids is 1. The van der Waals surface area contributed by atoms with Gasteiger partial charge < -0.3 is 5.11 Å². The van der Waals surface area contributed by atoms with Crippen molar-refractivity contribution in [1.82, 2.24) is 15.0 Å². The molecular formula is C9H13F2N3O2. The number of carboxylic acid groups (broad SMARTS) is 1. The second kappa shape index (κ2) is 5.00. The van der Waals surface area contributed by atoms with Crippen LogP contribution in [0.5, 0.6) is 0 Å². The summed E-state index contributed by atoms with van der Waals surface area (Å²) < 4.78 is 26.3. The highest BCUT2D eigenvalue weighted by molar-refractivity contribution is 5.86. The van der Waals surface area contributed by atoms with Gasteiger partial charge in [-0.1, -0.05) is 25.5 Å². The van der Waals surface area contributed by atoms with Gasteiger partial charge in [-0.3, -0.25) is 0 Å². The Morgan fingerprint density at radius 3 is 2.62 bits per heavy atom. The van der Waals surface area contributed by atoms with Crippen molar-refractivity contribution in [2.24, 2.45) is 5.92 Å². The van der Waals surface area contributed by atoms with Crippen molar-refractivity contribution in [2.45, 2.75) is 33.2 Å². The van der Waals surface area contributed by atoms with Gasteiger partial charge >= 0.3 is 5.97 Å². The van der Waals surface area contributed by atoms with Gasteiger partial charge in [-0.2, -0.15) is 0 Å². The zero-order chi connectivity index (χ0) is 12.3. The van der Waals surface area contributed by atoms with Gasteiger partial charge in [0.1, 0.15) is 5.69 Å². The first-order valence-electron chi connectivity index (χ1n) is 4.92. The van der Waals surface area contributed by atoms with E-state index in [-0.39, 0.29) is 12.5 Å². The van der Waals surface area contributed by atoms with Crippen molar-refractivity contribution >= 4 is 5.97 Å². The van der Waals surface area contributed by atoms with E-state index in [0.29, 0.717) is 0 Å². The average molecular weight is 233 g/mol. The molecule has 90 valence electrons. The lowest BCUT2D eigenvalue weighted by molar-refractivity contribution is 0.0675. The fraction of sp³-hybridized carbons (Fsp3) is 0.667. The Bertz CT molecular complexity index is 379. The number of carboxylic acids is 1. The molecule has 0 spiro atoms. The van der Waals surface area contributed by atoms with Crippen molar-refractivity contribution in [3.63, 3.8) is 0 Å². The summed E-state index contributed by atoms with van der Waals surface area (Å²) in [6.45, 7) is 4.04. The van der Waals surface area contributed by atoms with Crippen LogP contribution >= 0.6 is 0 Å². The second-order valence-electron chi connectivity index (χ2n) is 3.62. The number of rotatable bonds is 5. The van der Waals surface area contributed by atoms with E-state index in [4.69, 9.17) is 5.11 Å². The molecule has 0 saturated carbocycles. The highest BCUT2D eigenvalue weighted by Gasteiger charge is 2.26.